The van der Waals surface area contributed by atoms with Gasteiger partial charge in [-0.1, -0.05) is 167 Å². The summed E-state index contributed by atoms with van der Waals surface area (Å²) < 4.78 is 17.4. The van der Waals surface area contributed by atoms with Crippen molar-refractivity contribution in [3.8, 4) is 0 Å². The molecule has 0 fully saturated rings. The van der Waals surface area contributed by atoms with Gasteiger partial charge in [0.25, 0.3) is 0 Å². The third-order valence-corrected chi connectivity index (χ3v) is 8.33. The van der Waals surface area contributed by atoms with Crippen molar-refractivity contribution in [1.29, 1.82) is 0 Å². The number of ether oxygens (including phenoxy) is 3. The lowest BCUT2D eigenvalue weighted by Gasteiger charge is -2.19. The second-order valence-electron chi connectivity index (χ2n) is 12.4. The number of benzene rings is 1. The molecule has 0 saturated heterocycles. The number of hydrogen-bond acceptors (Lipinski definition) is 5. The normalized spacial score (nSPS) is 11.3. The summed E-state index contributed by atoms with van der Waals surface area (Å²) in [5, 5.41) is 9.41. The van der Waals surface area contributed by atoms with Crippen molar-refractivity contribution < 1.29 is 28.9 Å². The number of carboxylic acids is 1. The summed E-state index contributed by atoms with van der Waals surface area (Å²) in [6.45, 7) is 5.59. The van der Waals surface area contributed by atoms with Crippen LogP contribution < -0.4 is 0 Å². The molecular formula is C38H66O6. The lowest BCUT2D eigenvalue weighted by molar-refractivity contribution is -0.164. The van der Waals surface area contributed by atoms with Crippen LogP contribution in [0.15, 0.2) is 24.3 Å². The van der Waals surface area contributed by atoms with E-state index in [-0.39, 0.29) is 17.7 Å². The van der Waals surface area contributed by atoms with Gasteiger partial charge in [0.1, 0.15) is 6.61 Å². The first-order chi connectivity index (χ1) is 21.6. The zero-order valence-electron chi connectivity index (χ0n) is 28.5. The van der Waals surface area contributed by atoms with Crippen LogP contribution in [-0.2, 0) is 14.2 Å². The summed E-state index contributed by atoms with van der Waals surface area (Å²) in [4.78, 5) is 24.2. The van der Waals surface area contributed by atoms with Gasteiger partial charge in [-0.05, 0) is 25.0 Å². The fourth-order valence-corrected chi connectivity index (χ4v) is 5.53. The first-order valence-corrected chi connectivity index (χ1v) is 18.3. The fourth-order valence-electron chi connectivity index (χ4n) is 5.53. The number of hydrogen-bond donors (Lipinski definition) is 1. The largest absolute Gasteiger partial charge is 0.478 e. The maximum absolute atomic E-state index is 12.7. The van der Waals surface area contributed by atoms with Gasteiger partial charge in [-0.2, -0.15) is 0 Å². The molecule has 1 aromatic rings. The van der Waals surface area contributed by atoms with Crippen LogP contribution in [-0.4, -0.2) is 43.2 Å². The van der Waals surface area contributed by atoms with E-state index in [1.54, 1.807) is 12.1 Å². The van der Waals surface area contributed by atoms with E-state index < -0.39 is 18.2 Å². The molecule has 0 saturated carbocycles. The summed E-state index contributed by atoms with van der Waals surface area (Å²) in [5.41, 5.74) is -0.0236. The first-order valence-electron chi connectivity index (χ1n) is 18.3. The van der Waals surface area contributed by atoms with Crippen LogP contribution in [0.2, 0.25) is 0 Å². The van der Waals surface area contributed by atoms with Crippen molar-refractivity contribution in [2.45, 2.75) is 174 Å². The fraction of sp³-hybridized carbons (Fsp3) is 0.789. The van der Waals surface area contributed by atoms with Gasteiger partial charge in [0.2, 0.25) is 0 Å². The molecule has 6 heteroatoms. The van der Waals surface area contributed by atoms with E-state index in [0.29, 0.717) is 13.2 Å². The predicted octanol–water partition coefficient (Wildman–Crippen LogP) is 11.3. The maximum Gasteiger partial charge on any atom is 0.339 e. The van der Waals surface area contributed by atoms with Crippen LogP contribution >= 0.6 is 0 Å². The Labute approximate surface area is 270 Å². The van der Waals surface area contributed by atoms with Gasteiger partial charge in [0.15, 0.2) is 6.29 Å². The van der Waals surface area contributed by atoms with E-state index in [2.05, 4.69) is 13.8 Å². The van der Waals surface area contributed by atoms with Crippen LogP contribution in [0.3, 0.4) is 0 Å². The van der Waals surface area contributed by atoms with Gasteiger partial charge in [-0.3, -0.25) is 0 Å². The summed E-state index contributed by atoms with van der Waals surface area (Å²) in [6, 6.07) is 6.11. The number of esters is 1. The molecule has 1 aromatic carbocycles. The molecule has 0 aliphatic heterocycles. The summed E-state index contributed by atoms with van der Waals surface area (Å²) in [5.74, 6) is -1.82. The van der Waals surface area contributed by atoms with Gasteiger partial charge in [0.05, 0.1) is 11.1 Å². The highest BCUT2D eigenvalue weighted by Gasteiger charge is 2.19. The highest BCUT2D eigenvalue weighted by molar-refractivity contribution is 6.02. The molecule has 6 nitrogen and oxygen atoms in total. The Bertz CT molecular complexity index is 780. The molecule has 0 heterocycles. The monoisotopic (exact) mass is 618 g/mol. The molecular weight excluding hydrogens is 552 g/mol. The van der Waals surface area contributed by atoms with Gasteiger partial charge in [-0.25, -0.2) is 9.59 Å². The van der Waals surface area contributed by atoms with Crippen molar-refractivity contribution >= 4 is 11.9 Å². The Hall–Kier alpha value is -1.92. The van der Waals surface area contributed by atoms with Crippen molar-refractivity contribution in [3.05, 3.63) is 35.4 Å². The molecule has 1 N–H and O–H groups in total. The summed E-state index contributed by atoms with van der Waals surface area (Å²) >= 11 is 0. The Morgan fingerprint density at radius 1 is 0.545 bits per heavy atom. The number of unbranched alkanes of at least 4 members (excludes halogenated alkanes) is 22. The quantitative estimate of drug-likeness (QED) is 0.0491. The van der Waals surface area contributed by atoms with Gasteiger partial charge in [-0.15, -0.1) is 0 Å². The molecule has 0 atom stereocenters. The van der Waals surface area contributed by atoms with E-state index in [9.17, 15) is 14.7 Å². The van der Waals surface area contributed by atoms with Gasteiger partial charge >= 0.3 is 11.9 Å². The molecule has 1 rings (SSSR count). The van der Waals surface area contributed by atoms with E-state index in [1.165, 1.54) is 141 Å². The van der Waals surface area contributed by atoms with Crippen LogP contribution in [0, 0.1) is 0 Å². The molecule has 0 aliphatic rings. The molecule has 0 aliphatic carbocycles. The van der Waals surface area contributed by atoms with E-state index in [4.69, 9.17) is 14.2 Å². The molecule has 0 radical (unpaired) electrons. The number of rotatable bonds is 32. The Balaban J connectivity index is 2.28. The van der Waals surface area contributed by atoms with Crippen molar-refractivity contribution in [3.63, 3.8) is 0 Å². The molecule has 0 spiro atoms. The minimum absolute atomic E-state index is 0.0423. The molecule has 0 unspecified atom stereocenters. The van der Waals surface area contributed by atoms with Gasteiger partial charge < -0.3 is 19.3 Å². The minimum Gasteiger partial charge on any atom is -0.478 e. The SMILES string of the molecule is CCCCCCCCCCCCCCOC(COC(=O)c1ccccc1C(=O)O)OCCCCCCCCCCCCCC. The number of carbonyl (C=O) groups excluding carboxylic acids is 1. The lowest BCUT2D eigenvalue weighted by atomic mass is 10.1. The molecule has 44 heavy (non-hydrogen) atoms. The highest BCUT2D eigenvalue weighted by Crippen LogP contribution is 2.15. The second-order valence-corrected chi connectivity index (χ2v) is 12.4. The van der Waals surface area contributed by atoms with E-state index in [1.807, 2.05) is 0 Å². The molecule has 0 aromatic heterocycles. The lowest BCUT2D eigenvalue weighted by Crippen LogP contribution is -2.27. The van der Waals surface area contributed by atoms with Crippen molar-refractivity contribution in [2.75, 3.05) is 19.8 Å². The van der Waals surface area contributed by atoms with Gasteiger partial charge in [0, 0.05) is 13.2 Å². The second kappa shape index (κ2) is 29.8. The Kier molecular flexibility index (Phi) is 27.1. The Morgan fingerprint density at radius 2 is 0.886 bits per heavy atom. The average Bonchev–Trinajstić information content (AvgIpc) is 3.03. The first kappa shape index (κ1) is 40.1. The standard InChI is InChI=1S/C38H66O6/c1-3-5-7-9-11-13-15-17-19-21-23-27-31-42-36(33-44-38(41)35-30-26-25-29-34(35)37(39)40)43-32-28-24-22-20-18-16-14-12-10-8-6-4-2/h25-26,29-30,36H,3-24,27-28,31-33H2,1-2H3,(H,39,40). The zero-order valence-corrected chi connectivity index (χ0v) is 28.5. The maximum atomic E-state index is 12.7. The molecule has 0 amide bonds. The number of carbonyl (C=O) groups is 2. The smallest absolute Gasteiger partial charge is 0.339 e. The predicted molar refractivity (Wildman–Crippen MR) is 182 cm³/mol. The highest BCUT2D eigenvalue weighted by atomic mass is 16.7. The van der Waals surface area contributed by atoms with Crippen LogP contribution in [0.1, 0.15) is 189 Å². The van der Waals surface area contributed by atoms with Crippen LogP contribution in [0.4, 0.5) is 0 Å². The van der Waals surface area contributed by atoms with Crippen LogP contribution in [0.25, 0.3) is 0 Å². The third-order valence-electron chi connectivity index (χ3n) is 8.33. The van der Waals surface area contributed by atoms with Crippen LogP contribution in [0.5, 0.6) is 0 Å². The summed E-state index contributed by atoms with van der Waals surface area (Å²) in [6.07, 6.45) is 30.1. The van der Waals surface area contributed by atoms with Crippen molar-refractivity contribution in [1.82, 2.24) is 0 Å². The molecule has 0 bridgehead atoms. The summed E-state index contributed by atoms with van der Waals surface area (Å²) in [7, 11) is 0. The van der Waals surface area contributed by atoms with E-state index >= 15 is 0 Å². The average molecular weight is 619 g/mol. The molecule has 254 valence electrons. The Morgan fingerprint density at radius 3 is 1.25 bits per heavy atom. The number of carboxylic acid groups (broad SMARTS) is 1. The zero-order chi connectivity index (χ0) is 31.9. The number of aromatic carboxylic acids is 1. The van der Waals surface area contributed by atoms with E-state index in [0.717, 1.165) is 25.7 Å². The van der Waals surface area contributed by atoms with Crippen molar-refractivity contribution in [2.24, 2.45) is 0 Å². The minimum atomic E-state index is -1.15. The topological polar surface area (TPSA) is 82.1 Å². The third kappa shape index (κ3) is 22.6.